The van der Waals surface area contributed by atoms with Gasteiger partial charge in [-0.2, -0.15) is 0 Å². The Bertz CT molecular complexity index is 715. The SMILES string of the molecule is CC(=O)O.COCc1nnc(N2CC(C(=O)N(C)C3CCN(C)CC3)CC2=O)s1. The van der Waals surface area contributed by atoms with Crippen LogP contribution in [0, 0.1) is 5.92 Å². The Labute approximate surface area is 174 Å². The van der Waals surface area contributed by atoms with Gasteiger partial charge in [-0.1, -0.05) is 11.3 Å². The Balaban J connectivity index is 0.000000687. The van der Waals surface area contributed by atoms with E-state index in [0.29, 0.717) is 18.3 Å². The van der Waals surface area contributed by atoms with Crippen molar-refractivity contribution >= 4 is 34.3 Å². The summed E-state index contributed by atoms with van der Waals surface area (Å²) >= 11 is 1.34. The van der Waals surface area contributed by atoms with Crippen LogP contribution in [0.4, 0.5) is 5.13 Å². The number of carboxylic acids is 1. The number of ether oxygens (including phenoxy) is 1. The molecule has 2 aliphatic rings. The number of methoxy groups -OCH3 is 1. The monoisotopic (exact) mass is 427 g/mol. The number of hydrogen-bond acceptors (Lipinski definition) is 8. The highest BCUT2D eigenvalue weighted by atomic mass is 32.1. The predicted octanol–water partition coefficient (Wildman–Crippen LogP) is 0.681. The largest absolute Gasteiger partial charge is 0.481 e. The van der Waals surface area contributed by atoms with Gasteiger partial charge in [-0.25, -0.2) is 0 Å². The molecule has 1 N–H and O–H groups in total. The smallest absolute Gasteiger partial charge is 0.300 e. The van der Waals surface area contributed by atoms with Crippen LogP contribution in [0.5, 0.6) is 0 Å². The molecule has 0 aromatic carbocycles. The summed E-state index contributed by atoms with van der Waals surface area (Å²) in [6.45, 7) is 3.85. The molecule has 1 aromatic rings. The molecular weight excluding hydrogens is 398 g/mol. The molecular formula is C18H29N5O5S. The zero-order chi connectivity index (χ0) is 21.6. The molecule has 2 amide bonds. The van der Waals surface area contributed by atoms with Crippen molar-refractivity contribution in [1.29, 1.82) is 0 Å². The number of aromatic nitrogens is 2. The molecule has 0 radical (unpaired) electrons. The van der Waals surface area contributed by atoms with Gasteiger partial charge >= 0.3 is 0 Å². The minimum Gasteiger partial charge on any atom is -0.481 e. The summed E-state index contributed by atoms with van der Waals surface area (Å²) in [5, 5.41) is 16.8. The second-order valence-electron chi connectivity index (χ2n) is 7.32. The molecule has 1 aromatic heterocycles. The van der Waals surface area contributed by atoms with Crippen LogP contribution in [0.3, 0.4) is 0 Å². The molecule has 1 unspecified atom stereocenters. The summed E-state index contributed by atoms with van der Waals surface area (Å²) in [7, 11) is 5.56. The van der Waals surface area contributed by atoms with Gasteiger partial charge in [0.2, 0.25) is 16.9 Å². The fraction of sp³-hybridized carbons (Fsp3) is 0.722. The minimum absolute atomic E-state index is 0.0600. The molecule has 162 valence electrons. The van der Waals surface area contributed by atoms with Crippen LogP contribution < -0.4 is 4.90 Å². The Kier molecular flexibility index (Phi) is 8.47. The standard InChI is InChI=1S/C16H25N5O3S.C2H4O2/c1-19-6-4-12(5-7-19)20(2)15(23)11-8-14(22)21(9-11)16-18-17-13(25-16)10-24-3;1-2(3)4/h11-12H,4-10H2,1-3H3;1H3,(H,3,4). The maximum absolute atomic E-state index is 12.8. The summed E-state index contributed by atoms with van der Waals surface area (Å²) in [5.41, 5.74) is 0. The number of carboxylic acid groups (broad SMARTS) is 1. The van der Waals surface area contributed by atoms with Crippen LogP contribution in [0.15, 0.2) is 0 Å². The van der Waals surface area contributed by atoms with Crippen LogP contribution in [0.25, 0.3) is 0 Å². The van der Waals surface area contributed by atoms with Crippen molar-refractivity contribution in [3.63, 3.8) is 0 Å². The summed E-state index contributed by atoms with van der Waals surface area (Å²) < 4.78 is 5.04. The molecule has 10 nitrogen and oxygen atoms in total. The van der Waals surface area contributed by atoms with Crippen molar-refractivity contribution in [3.05, 3.63) is 5.01 Å². The zero-order valence-electron chi connectivity index (χ0n) is 17.3. The van der Waals surface area contributed by atoms with Crippen molar-refractivity contribution in [2.45, 2.75) is 38.8 Å². The van der Waals surface area contributed by atoms with Gasteiger partial charge < -0.3 is 19.6 Å². The van der Waals surface area contributed by atoms with E-state index in [4.69, 9.17) is 14.6 Å². The second-order valence-corrected chi connectivity index (χ2v) is 8.36. The molecule has 29 heavy (non-hydrogen) atoms. The highest BCUT2D eigenvalue weighted by molar-refractivity contribution is 7.15. The summed E-state index contributed by atoms with van der Waals surface area (Å²) in [6.07, 6.45) is 2.22. The van der Waals surface area contributed by atoms with E-state index in [1.165, 1.54) is 11.3 Å². The number of hydrogen-bond donors (Lipinski definition) is 1. The lowest BCUT2D eigenvalue weighted by molar-refractivity contribution is -0.137. The molecule has 0 bridgehead atoms. The number of likely N-dealkylation sites (tertiary alicyclic amines) is 1. The first-order valence-electron chi connectivity index (χ1n) is 9.49. The second kappa shape index (κ2) is 10.6. The quantitative estimate of drug-likeness (QED) is 0.729. The molecule has 11 heteroatoms. The van der Waals surface area contributed by atoms with E-state index in [1.807, 2.05) is 11.9 Å². The van der Waals surface area contributed by atoms with Crippen molar-refractivity contribution in [1.82, 2.24) is 20.0 Å². The molecule has 3 heterocycles. The lowest BCUT2D eigenvalue weighted by atomic mass is 10.0. The Morgan fingerprint density at radius 1 is 1.31 bits per heavy atom. The summed E-state index contributed by atoms with van der Waals surface area (Å²) in [4.78, 5) is 39.9. The van der Waals surface area contributed by atoms with E-state index in [1.54, 1.807) is 12.0 Å². The van der Waals surface area contributed by atoms with Gasteiger partial charge in [0.05, 0.1) is 5.92 Å². The predicted molar refractivity (Wildman–Crippen MR) is 108 cm³/mol. The molecule has 3 rings (SSSR count). The fourth-order valence-corrected chi connectivity index (χ4v) is 4.28. The molecule has 2 saturated heterocycles. The van der Waals surface area contributed by atoms with Crippen LogP contribution in [-0.4, -0.2) is 89.8 Å². The maximum atomic E-state index is 12.8. The molecule has 2 aliphatic heterocycles. The number of carbonyl (C=O) groups excluding carboxylic acids is 2. The Hall–Kier alpha value is -2.11. The first-order chi connectivity index (χ1) is 13.7. The lowest BCUT2D eigenvalue weighted by Crippen LogP contribution is -2.46. The van der Waals surface area contributed by atoms with E-state index < -0.39 is 5.97 Å². The first-order valence-corrected chi connectivity index (χ1v) is 10.3. The van der Waals surface area contributed by atoms with Crippen molar-refractivity contribution in [3.8, 4) is 0 Å². The summed E-state index contributed by atoms with van der Waals surface area (Å²) in [6, 6.07) is 0.266. The van der Waals surface area contributed by atoms with Gasteiger partial charge in [-0.3, -0.25) is 19.3 Å². The third-order valence-electron chi connectivity index (χ3n) is 5.01. The van der Waals surface area contributed by atoms with E-state index >= 15 is 0 Å². The number of piperidine rings is 1. The van der Waals surface area contributed by atoms with E-state index in [2.05, 4.69) is 22.1 Å². The number of aliphatic carboxylic acids is 1. The highest BCUT2D eigenvalue weighted by Gasteiger charge is 2.39. The van der Waals surface area contributed by atoms with Gasteiger partial charge in [-0.05, 0) is 33.0 Å². The van der Waals surface area contributed by atoms with Crippen molar-refractivity contribution in [2.24, 2.45) is 5.92 Å². The van der Waals surface area contributed by atoms with E-state index in [9.17, 15) is 9.59 Å². The van der Waals surface area contributed by atoms with Gasteiger partial charge in [0.15, 0.2) is 0 Å². The molecule has 1 atom stereocenters. The van der Waals surface area contributed by atoms with Gasteiger partial charge in [-0.15, -0.1) is 10.2 Å². The van der Waals surface area contributed by atoms with Gasteiger partial charge in [0.25, 0.3) is 5.97 Å². The lowest BCUT2D eigenvalue weighted by Gasteiger charge is -2.36. The van der Waals surface area contributed by atoms with Crippen LogP contribution in [0.1, 0.15) is 31.2 Å². The first kappa shape index (κ1) is 23.2. The number of anilines is 1. The number of nitrogens with zero attached hydrogens (tertiary/aromatic N) is 5. The van der Waals surface area contributed by atoms with Gasteiger partial charge in [0.1, 0.15) is 11.6 Å². The van der Waals surface area contributed by atoms with Gasteiger partial charge in [0, 0.05) is 40.1 Å². The van der Waals surface area contributed by atoms with Crippen LogP contribution in [0.2, 0.25) is 0 Å². The molecule has 0 aliphatic carbocycles. The fourth-order valence-electron chi connectivity index (χ4n) is 3.44. The van der Waals surface area contributed by atoms with E-state index in [0.717, 1.165) is 37.9 Å². The number of rotatable bonds is 5. The minimum atomic E-state index is -0.833. The zero-order valence-corrected chi connectivity index (χ0v) is 18.1. The van der Waals surface area contributed by atoms with Crippen LogP contribution >= 0.6 is 11.3 Å². The van der Waals surface area contributed by atoms with Crippen LogP contribution in [-0.2, 0) is 25.7 Å². The Morgan fingerprint density at radius 2 is 1.93 bits per heavy atom. The maximum Gasteiger partial charge on any atom is 0.300 e. The average Bonchev–Trinajstić information content (AvgIpc) is 3.27. The summed E-state index contributed by atoms with van der Waals surface area (Å²) in [5.74, 6) is -1.13. The molecule has 2 fully saturated rings. The third-order valence-corrected chi connectivity index (χ3v) is 5.93. The average molecular weight is 428 g/mol. The number of carbonyl (C=O) groups is 3. The molecule has 0 saturated carbocycles. The van der Waals surface area contributed by atoms with E-state index in [-0.39, 0.29) is 30.2 Å². The molecule has 0 spiro atoms. The highest BCUT2D eigenvalue weighted by Crippen LogP contribution is 2.29. The van der Waals surface area contributed by atoms with Crippen molar-refractivity contribution in [2.75, 3.05) is 45.7 Å². The third kappa shape index (κ3) is 6.44. The normalized spacial score (nSPS) is 20.3. The Morgan fingerprint density at radius 3 is 2.52 bits per heavy atom. The number of amides is 2. The van der Waals surface area contributed by atoms with Crippen molar-refractivity contribution < 1.29 is 24.2 Å². The topological polar surface area (TPSA) is 116 Å².